The monoisotopic (exact) mass is 434 g/mol. The average Bonchev–Trinajstić information content (AvgIpc) is 2.76. The minimum Gasteiger partial charge on any atom is -0.497 e. The molecule has 0 aliphatic carbocycles. The first-order valence-electron chi connectivity index (χ1n) is 9.48. The number of rotatable bonds is 10. The number of ether oxygens (including phenoxy) is 3. The number of aliphatic hydroxyl groups is 1. The molecule has 3 rings (SSSR count). The number of pyridine rings is 1. The predicted molar refractivity (Wildman–Crippen MR) is 119 cm³/mol. The van der Waals surface area contributed by atoms with Gasteiger partial charge >= 0.3 is 0 Å². The highest BCUT2D eigenvalue weighted by Gasteiger charge is 2.11. The summed E-state index contributed by atoms with van der Waals surface area (Å²) in [5.74, 6) is 2.07. The molecular formula is C22H27ClN2O5. The number of hydrogen-bond donors (Lipinski definition) is 3. The van der Waals surface area contributed by atoms with Gasteiger partial charge in [-0.3, -0.25) is 4.79 Å². The van der Waals surface area contributed by atoms with Crippen molar-refractivity contribution in [2.45, 2.75) is 19.1 Å². The number of hydrogen-bond acceptors (Lipinski definition) is 6. The van der Waals surface area contributed by atoms with Gasteiger partial charge in [-0.05, 0) is 37.3 Å². The molecule has 1 aromatic heterocycles. The molecule has 0 amide bonds. The van der Waals surface area contributed by atoms with E-state index in [9.17, 15) is 9.90 Å². The van der Waals surface area contributed by atoms with Crippen molar-refractivity contribution in [2.75, 3.05) is 26.9 Å². The van der Waals surface area contributed by atoms with Gasteiger partial charge in [0.1, 0.15) is 36.6 Å². The van der Waals surface area contributed by atoms with Crippen LogP contribution in [0.1, 0.15) is 6.92 Å². The summed E-state index contributed by atoms with van der Waals surface area (Å²) in [7, 11) is 1.62. The lowest BCUT2D eigenvalue weighted by molar-refractivity contribution is 0.102. The normalized spacial score (nSPS) is 12.6. The molecule has 162 valence electrons. The molecule has 1 heterocycles. The number of methoxy groups -OCH3 is 1. The lowest BCUT2D eigenvalue weighted by atomic mass is 10.1. The van der Waals surface area contributed by atoms with Gasteiger partial charge in [0.15, 0.2) is 0 Å². The first-order chi connectivity index (χ1) is 14.1. The molecule has 0 spiro atoms. The standard InChI is InChI=1S/C22H26N2O5.ClH/c1-15(13-28-18-9-7-17(27-2)8-10-18)23-11-16(25)14-29-21-12-24-22(26)20-6-4-3-5-19(20)21;/h3-10,12,15-16,23,25H,11,13-14H2,1-2H3,(H,24,26);1H. The van der Waals surface area contributed by atoms with Crippen molar-refractivity contribution in [1.29, 1.82) is 0 Å². The van der Waals surface area contributed by atoms with Gasteiger partial charge < -0.3 is 29.6 Å². The molecule has 0 bridgehead atoms. The van der Waals surface area contributed by atoms with E-state index in [1.807, 2.05) is 43.3 Å². The van der Waals surface area contributed by atoms with E-state index in [0.717, 1.165) is 16.9 Å². The molecule has 8 heteroatoms. The van der Waals surface area contributed by atoms with Crippen LogP contribution in [-0.2, 0) is 0 Å². The molecule has 0 saturated heterocycles. The van der Waals surface area contributed by atoms with Crippen molar-refractivity contribution in [3.05, 3.63) is 65.1 Å². The highest BCUT2D eigenvalue weighted by molar-refractivity contribution is 5.87. The largest absolute Gasteiger partial charge is 0.497 e. The van der Waals surface area contributed by atoms with Crippen molar-refractivity contribution in [1.82, 2.24) is 10.3 Å². The third-order valence-corrected chi connectivity index (χ3v) is 4.46. The maximum absolute atomic E-state index is 11.9. The van der Waals surface area contributed by atoms with Gasteiger partial charge in [0.2, 0.25) is 0 Å². The summed E-state index contributed by atoms with van der Waals surface area (Å²) < 4.78 is 16.6. The van der Waals surface area contributed by atoms with Crippen LogP contribution < -0.4 is 25.1 Å². The zero-order valence-electron chi connectivity index (χ0n) is 17.0. The molecule has 0 aliphatic heterocycles. The van der Waals surface area contributed by atoms with E-state index in [-0.39, 0.29) is 30.6 Å². The number of benzene rings is 2. The van der Waals surface area contributed by atoms with Crippen LogP contribution in [0.3, 0.4) is 0 Å². The van der Waals surface area contributed by atoms with E-state index in [4.69, 9.17) is 14.2 Å². The van der Waals surface area contributed by atoms with Crippen molar-refractivity contribution >= 4 is 23.2 Å². The fourth-order valence-electron chi connectivity index (χ4n) is 2.84. The van der Waals surface area contributed by atoms with Crippen molar-refractivity contribution in [2.24, 2.45) is 0 Å². The van der Waals surface area contributed by atoms with Gasteiger partial charge in [0, 0.05) is 24.2 Å². The Morgan fingerprint density at radius 1 is 1.00 bits per heavy atom. The van der Waals surface area contributed by atoms with E-state index < -0.39 is 6.10 Å². The number of aliphatic hydroxyl groups excluding tert-OH is 1. The molecule has 0 saturated carbocycles. The first kappa shape index (κ1) is 23.5. The van der Waals surface area contributed by atoms with Crippen LogP contribution in [0.25, 0.3) is 10.8 Å². The van der Waals surface area contributed by atoms with Crippen LogP contribution in [0.15, 0.2) is 59.5 Å². The topological polar surface area (TPSA) is 92.8 Å². The SMILES string of the molecule is COc1ccc(OCC(C)NCC(O)COc2c[nH]c(=O)c3ccccc23)cc1.Cl. The number of fused-ring (bicyclic) bond motifs is 1. The van der Waals surface area contributed by atoms with Crippen LogP contribution in [0.4, 0.5) is 0 Å². The van der Waals surface area contributed by atoms with Gasteiger partial charge in [-0.1, -0.05) is 18.2 Å². The Labute approximate surface area is 181 Å². The Hall–Kier alpha value is -2.74. The number of aromatic amines is 1. The Morgan fingerprint density at radius 3 is 2.37 bits per heavy atom. The van der Waals surface area contributed by atoms with Gasteiger partial charge in [0.25, 0.3) is 5.56 Å². The van der Waals surface area contributed by atoms with E-state index in [1.54, 1.807) is 19.2 Å². The van der Waals surface area contributed by atoms with E-state index in [0.29, 0.717) is 24.3 Å². The summed E-state index contributed by atoms with van der Waals surface area (Å²) >= 11 is 0. The number of H-pyrrole nitrogens is 1. The third kappa shape index (κ3) is 6.38. The zero-order chi connectivity index (χ0) is 20.6. The second-order valence-corrected chi connectivity index (χ2v) is 6.79. The van der Waals surface area contributed by atoms with Crippen LogP contribution in [0, 0.1) is 0 Å². The minimum absolute atomic E-state index is 0. The van der Waals surface area contributed by atoms with Gasteiger partial charge in [-0.25, -0.2) is 0 Å². The summed E-state index contributed by atoms with van der Waals surface area (Å²) in [6, 6.07) is 14.6. The van der Waals surface area contributed by atoms with Gasteiger partial charge in [-0.2, -0.15) is 0 Å². The zero-order valence-corrected chi connectivity index (χ0v) is 17.8. The molecule has 2 atom stereocenters. The average molecular weight is 435 g/mol. The molecule has 3 N–H and O–H groups in total. The summed E-state index contributed by atoms with van der Waals surface area (Å²) in [6.45, 7) is 2.90. The molecule has 0 radical (unpaired) electrons. The summed E-state index contributed by atoms with van der Waals surface area (Å²) in [5.41, 5.74) is -0.166. The molecule has 2 aromatic carbocycles. The summed E-state index contributed by atoms with van der Waals surface area (Å²) in [6.07, 6.45) is 0.819. The Bertz CT molecular complexity index is 977. The van der Waals surface area contributed by atoms with Crippen LogP contribution >= 0.6 is 12.4 Å². The molecule has 3 aromatic rings. The highest BCUT2D eigenvalue weighted by Crippen LogP contribution is 2.21. The van der Waals surface area contributed by atoms with E-state index >= 15 is 0 Å². The molecule has 2 unspecified atom stereocenters. The minimum atomic E-state index is -0.705. The maximum atomic E-state index is 11.9. The van der Waals surface area contributed by atoms with Gasteiger partial charge in [-0.15, -0.1) is 12.4 Å². The van der Waals surface area contributed by atoms with Crippen LogP contribution in [0.2, 0.25) is 0 Å². The number of halogens is 1. The predicted octanol–water partition coefficient (Wildman–Crippen LogP) is 2.76. The Morgan fingerprint density at radius 2 is 1.67 bits per heavy atom. The quantitative estimate of drug-likeness (QED) is 0.454. The number of nitrogens with one attached hydrogen (secondary N) is 2. The lowest BCUT2D eigenvalue weighted by Crippen LogP contribution is -2.39. The van der Waals surface area contributed by atoms with Crippen LogP contribution in [0.5, 0.6) is 17.2 Å². The van der Waals surface area contributed by atoms with Crippen molar-refractivity contribution in [3.63, 3.8) is 0 Å². The van der Waals surface area contributed by atoms with Crippen molar-refractivity contribution in [3.8, 4) is 17.2 Å². The summed E-state index contributed by atoms with van der Waals surface area (Å²) in [4.78, 5) is 14.5. The molecule has 0 fully saturated rings. The Balaban J connectivity index is 0.00000320. The van der Waals surface area contributed by atoms with Gasteiger partial charge in [0.05, 0.1) is 12.5 Å². The highest BCUT2D eigenvalue weighted by atomic mass is 35.5. The Kier molecular flexibility index (Phi) is 8.98. The molecule has 7 nitrogen and oxygen atoms in total. The fraction of sp³-hybridized carbons (Fsp3) is 0.318. The van der Waals surface area contributed by atoms with Crippen LogP contribution in [-0.4, -0.2) is 49.1 Å². The molecular weight excluding hydrogens is 408 g/mol. The van der Waals surface area contributed by atoms with Crippen molar-refractivity contribution < 1.29 is 19.3 Å². The second-order valence-electron chi connectivity index (χ2n) is 6.79. The smallest absolute Gasteiger partial charge is 0.256 e. The van der Waals surface area contributed by atoms with E-state index in [2.05, 4.69) is 10.3 Å². The first-order valence-corrected chi connectivity index (χ1v) is 9.48. The lowest BCUT2D eigenvalue weighted by Gasteiger charge is -2.18. The summed E-state index contributed by atoms with van der Waals surface area (Å²) in [5, 5.41) is 14.7. The molecule has 0 aliphatic rings. The third-order valence-electron chi connectivity index (χ3n) is 4.46. The van der Waals surface area contributed by atoms with E-state index in [1.165, 1.54) is 6.20 Å². The molecule has 30 heavy (non-hydrogen) atoms. The number of aromatic nitrogens is 1. The maximum Gasteiger partial charge on any atom is 0.256 e. The second kappa shape index (κ2) is 11.4. The fourth-order valence-corrected chi connectivity index (χ4v) is 2.84.